The van der Waals surface area contributed by atoms with Crippen LogP contribution in [0.2, 0.25) is 0 Å². The van der Waals surface area contributed by atoms with Gasteiger partial charge in [-0.25, -0.2) is 0 Å². The van der Waals surface area contributed by atoms with E-state index in [0.29, 0.717) is 11.8 Å². The third kappa shape index (κ3) is 3.50. The van der Waals surface area contributed by atoms with Crippen molar-refractivity contribution in [3.8, 4) is 0 Å². The fourth-order valence-corrected chi connectivity index (χ4v) is 3.61. The van der Waals surface area contributed by atoms with Crippen LogP contribution in [0.1, 0.15) is 15.9 Å². The third-order valence-electron chi connectivity index (χ3n) is 2.57. The van der Waals surface area contributed by atoms with Crippen LogP contribution in [0, 0.1) is 10.1 Å². The molecule has 2 aromatic carbocycles. The number of nitro groups is 1. The van der Waals surface area contributed by atoms with Crippen LogP contribution in [0.15, 0.2) is 48.5 Å². The van der Waals surface area contributed by atoms with E-state index in [4.69, 9.17) is 0 Å². The van der Waals surface area contributed by atoms with Crippen LogP contribution in [-0.4, -0.2) is 26.2 Å². The van der Waals surface area contributed by atoms with Gasteiger partial charge in [-0.2, -0.15) is 0 Å². The maximum absolute atomic E-state index is 11.0. The monoisotopic (exact) mass is 321 g/mol. The van der Waals surface area contributed by atoms with Crippen molar-refractivity contribution in [2.75, 3.05) is 0 Å². The quantitative estimate of drug-likeness (QED) is 0.366. The molecule has 0 aliphatic rings. The number of aldehydes is 1. The predicted octanol–water partition coefficient (Wildman–Crippen LogP) is 1.94. The Morgan fingerprint density at radius 1 is 1.16 bits per heavy atom. The maximum atomic E-state index is 11.0. The number of benzene rings is 2. The zero-order chi connectivity index (χ0) is 13.7. The summed E-state index contributed by atoms with van der Waals surface area (Å²) in [6, 6.07) is 14.5. The number of hydrogen-bond acceptors (Lipinski definition) is 3. The van der Waals surface area contributed by atoms with Gasteiger partial charge in [-0.05, 0) is 0 Å². The van der Waals surface area contributed by atoms with E-state index in [9.17, 15) is 14.9 Å². The molecular formula is C14H11NO3Se. The molecule has 0 unspecified atom stereocenters. The van der Waals surface area contributed by atoms with E-state index in [2.05, 4.69) is 0 Å². The van der Waals surface area contributed by atoms with Gasteiger partial charge in [0.2, 0.25) is 0 Å². The number of non-ortho nitro benzene ring substituents is 1. The van der Waals surface area contributed by atoms with Crippen molar-refractivity contribution in [2.45, 2.75) is 5.32 Å². The van der Waals surface area contributed by atoms with E-state index in [1.54, 1.807) is 6.07 Å². The molecular weight excluding hydrogens is 309 g/mol. The molecule has 0 aromatic heterocycles. The van der Waals surface area contributed by atoms with Crippen molar-refractivity contribution in [3.63, 3.8) is 0 Å². The Hall–Kier alpha value is -1.97. The van der Waals surface area contributed by atoms with E-state index >= 15 is 0 Å². The first-order chi connectivity index (χ1) is 9.20. The molecule has 0 saturated carbocycles. The van der Waals surface area contributed by atoms with Gasteiger partial charge in [0.25, 0.3) is 0 Å². The van der Waals surface area contributed by atoms with Crippen LogP contribution in [0.3, 0.4) is 0 Å². The first kappa shape index (κ1) is 13.5. The summed E-state index contributed by atoms with van der Waals surface area (Å²) in [4.78, 5) is 21.2. The molecule has 0 spiro atoms. The summed E-state index contributed by atoms with van der Waals surface area (Å²) < 4.78 is 0.900. The van der Waals surface area contributed by atoms with Gasteiger partial charge in [0.1, 0.15) is 0 Å². The second kappa shape index (κ2) is 6.27. The molecule has 0 aliphatic carbocycles. The van der Waals surface area contributed by atoms with Crippen molar-refractivity contribution in [3.05, 3.63) is 69.8 Å². The number of hydrogen-bond donors (Lipinski definition) is 0. The van der Waals surface area contributed by atoms with Crippen LogP contribution in [0.5, 0.6) is 0 Å². The summed E-state index contributed by atoms with van der Waals surface area (Å²) >= 11 is 0.0900. The van der Waals surface area contributed by atoms with E-state index in [1.165, 1.54) is 17.7 Å². The predicted molar refractivity (Wildman–Crippen MR) is 74.0 cm³/mol. The number of carbonyl (C=O) groups is 1. The van der Waals surface area contributed by atoms with Crippen molar-refractivity contribution in [2.24, 2.45) is 0 Å². The minimum atomic E-state index is -0.485. The summed E-state index contributed by atoms with van der Waals surface area (Å²) in [6.07, 6.45) is 0.690. The Morgan fingerprint density at radius 3 is 2.53 bits per heavy atom. The van der Waals surface area contributed by atoms with Crippen LogP contribution in [0.25, 0.3) is 0 Å². The zero-order valence-corrected chi connectivity index (χ0v) is 11.7. The average Bonchev–Trinajstić information content (AvgIpc) is 2.45. The van der Waals surface area contributed by atoms with E-state index < -0.39 is 4.92 Å². The van der Waals surface area contributed by atoms with Gasteiger partial charge >= 0.3 is 116 Å². The molecule has 0 bridgehead atoms. The molecule has 4 nitrogen and oxygen atoms in total. The molecule has 0 aliphatic heterocycles. The zero-order valence-electron chi connectivity index (χ0n) is 9.98. The molecule has 0 heterocycles. The fourth-order valence-electron chi connectivity index (χ4n) is 1.61. The van der Waals surface area contributed by atoms with Crippen LogP contribution < -0.4 is 4.46 Å². The molecule has 5 heteroatoms. The van der Waals surface area contributed by atoms with Gasteiger partial charge in [0.05, 0.1) is 0 Å². The first-order valence-electron chi connectivity index (χ1n) is 5.61. The minimum absolute atomic E-state index is 0.0404. The molecule has 96 valence electrons. The molecule has 0 amide bonds. The Balaban J connectivity index is 2.16. The van der Waals surface area contributed by atoms with E-state index in [-0.39, 0.29) is 20.6 Å². The standard InChI is InChI=1S/C14H11NO3Se/c16-9-12-8-13(15(17)18)6-7-14(12)19-10-11-4-2-1-3-5-11/h1-9H,10H2. The molecule has 2 aromatic rings. The van der Waals surface area contributed by atoms with Gasteiger partial charge in [-0.15, -0.1) is 0 Å². The number of nitrogens with zero attached hydrogens (tertiary/aromatic N) is 1. The van der Waals surface area contributed by atoms with Crippen LogP contribution in [0.4, 0.5) is 5.69 Å². The van der Waals surface area contributed by atoms with Crippen LogP contribution in [-0.2, 0) is 5.32 Å². The Bertz CT molecular complexity index is 599. The van der Waals surface area contributed by atoms with Crippen molar-refractivity contribution in [1.29, 1.82) is 0 Å². The van der Waals surface area contributed by atoms with Crippen molar-refractivity contribution >= 4 is 31.4 Å². The third-order valence-corrected chi connectivity index (χ3v) is 5.00. The van der Waals surface area contributed by atoms with Crippen molar-refractivity contribution < 1.29 is 9.72 Å². The molecule has 0 atom stereocenters. The van der Waals surface area contributed by atoms with Gasteiger partial charge in [0, 0.05) is 0 Å². The summed E-state index contributed by atoms with van der Waals surface area (Å²) in [5.74, 6) is 0. The molecule has 2 rings (SSSR count). The van der Waals surface area contributed by atoms with Gasteiger partial charge < -0.3 is 0 Å². The second-order valence-corrected chi connectivity index (χ2v) is 6.01. The average molecular weight is 320 g/mol. The number of carbonyl (C=O) groups excluding carboxylic acids is 1. The number of nitro benzene ring substituents is 1. The number of rotatable bonds is 5. The first-order valence-corrected chi connectivity index (χ1v) is 7.68. The van der Waals surface area contributed by atoms with Gasteiger partial charge in [-0.1, -0.05) is 0 Å². The van der Waals surface area contributed by atoms with Crippen LogP contribution >= 0.6 is 0 Å². The van der Waals surface area contributed by atoms with Gasteiger partial charge in [0.15, 0.2) is 0 Å². The molecule has 19 heavy (non-hydrogen) atoms. The van der Waals surface area contributed by atoms with E-state index in [0.717, 1.165) is 9.78 Å². The Kier molecular flexibility index (Phi) is 4.44. The Labute approximate surface area is 116 Å². The molecule has 0 saturated heterocycles. The summed E-state index contributed by atoms with van der Waals surface area (Å²) in [7, 11) is 0. The summed E-state index contributed by atoms with van der Waals surface area (Å²) in [5, 5.41) is 11.5. The van der Waals surface area contributed by atoms with E-state index in [1.807, 2.05) is 30.3 Å². The summed E-state index contributed by atoms with van der Waals surface area (Å²) in [5.41, 5.74) is 1.59. The molecule has 0 N–H and O–H groups in total. The fraction of sp³-hybridized carbons (Fsp3) is 0.0714. The van der Waals surface area contributed by atoms with Crippen molar-refractivity contribution in [1.82, 2.24) is 0 Å². The molecule has 0 fully saturated rings. The topological polar surface area (TPSA) is 60.2 Å². The van der Waals surface area contributed by atoms with Gasteiger partial charge in [-0.3, -0.25) is 0 Å². The normalized spacial score (nSPS) is 10.1. The summed E-state index contributed by atoms with van der Waals surface area (Å²) in [6.45, 7) is 0. The Morgan fingerprint density at radius 2 is 1.89 bits per heavy atom. The SMILES string of the molecule is O=Cc1cc([N+](=O)[O-])ccc1[Se]Cc1ccccc1. The second-order valence-electron chi connectivity index (χ2n) is 3.87. The molecule has 0 radical (unpaired) electrons.